The summed E-state index contributed by atoms with van der Waals surface area (Å²) in [6.45, 7) is 0. The summed E-state index contributed by atoms with van der Waals surface area (Å²) < 4.78 is 2.30. The van der Waals surface area contributed by atoms with Gasteiger partial charge >= 0.3 is 0 Å². The molecule has 0 bridgehead atoms. The Bertz CT molecular complexity index is 550. The lowest BCUT2D eigenvalue weighted by atomic mass is 10.1. The first-order chi connectivity index (χ1) is 7.58. The number of hydrogen-bond acceptors (Lipinski definition) is 3. The number of primary amides is 1. The lowest BCUT2D eigenvalue weighted by Gasteiger charge is -2.06. The molecule has 0 aliphatic rings. The fourth-order valence-corrected chi connectivity index (χ4v) is 1.73. The Hall–Kier alpha value is -1.82. The number of nitrogen functional groups attached to an aromatic ring is 1. The molecule has 0 unspecified atom stereocenters. The lowest BCUT2D eigenvalue weighted by Crippen LogP contribution is -2.14. The van der Waals surface area contributed by atoms with Crippen LogP contribution in [0.1, 0.15) is 10.4 Å². The van der Waals surface area contributed by atoms with E-state index in [4.69, 9.17) is 11.5 Å². The molecule has 0 aliphatic carbocycles. The van der Waals surface area contributed by atoms with E-state index >= 15 is 0 Å². The average molecular weight is 281 g/mol. The van der Waals surface area contributed by atoms with E-state index in [9.17, 15) is 4.79 Å². The SMILES string of the molecule is NC(=O)c1cc(Br)ccc1-n1cc(N)cn1. The first-order valence-electron chi connectivity index (χ1n) is 4.48. The van der Waals surface area contributed by atoms with Gasteiger partial charge in [-0.25, -0.2) is 4.68 Å². The Morgan fingerprint density at radius 1 is 1.44 bits per heavy atom. The van der Waals surface area contributed by atoms with Crippen molar-refractivity contribution in [2.75, 3.05) is 5.73 Å². The zero-order valence-electron chi connectivity index (χ0n) is 8.22. The number of nitrogens with zero attached hydrogens (tertiary/aromatic N) is 2. The summed E-state index contributed by atoms with van der Waals surface area (Å²) in [5, 5.41) is 4.03. The normalized spacial score (nSPS) is 10.3. The zero-order valence-corrected chi connectivity index (χ0v) is 9.81. The Labute approximate surface area is 100 Å². The van der Waals surface area contributed by atoms with Crippen molar-refractivity contribution in [2.24, 2.45) is 5.73 Å². The van der Waals surface area contributed by atoms with Crippen LogP contribution in [0.4, 0.5) is 5.69 Å². The Kier molecular flexibility index (Phi) is 2.66. The largest absolute Gasteiger partial charge is 0.396 e. The fourth-order valence-electron chi connectivity index (χ4n) is 1.37. The van der Waals surface area contributed by atoms with Crippen LogP contribution in [0.2, 0.25) is 0 Å². The molecule has 0 atom stereocenters. The highest BCUT2D eigenvalue weighted by Gasteiger charge is 2.11. The minimum Gasteiger partial charge on any atom is -0.396 e. The van der Waals surface area contributed by atoms with E-state index in [2.05, 4.69) is 21.0 Å². The number of nitrogens with two attached hydrogens (primary N) is 2. The molecule has 0 aliphatic heterocycles. The van der Waals surface area contributed by atoms with Crippen LogP contribution in [0.5, 0.6) is 0 Å². The summed E-state index contributed by atoms with van der Waals surface area (Å²) in [5.74, 6) is -0.509. The molecular weight excluding hydrogens is 272 g/mol. The zero-order chi connectivity index (χ0) is 11.7. The van der Waals surface area contributed by atoms with Gasteiger partial charge in [0.25, 0.3) is 5.91 Å². The third-order valence-electron chi connectivity index (χ3n) is 2.07. The van der Waals surface area contributed by atoms with Crippen LogP contribution in [-0.2, 0) is 0 Å². The van der Waals surface area contributed by atoms with Crippen molar-refractivity contribution in [1.29, 1.82) is 0 Å². The predicted molar refractivity (Wildman–Crippen MR) is 64.2 cm³/mol. The van der Waals surface area contributed by atoms with E-state index in [-0.39, 0.29) is 0 Å². The second kappa shape index (κ2) is 3.97. The first kappa shape index (κ1) is 10.7. The number of aromatic nitrogens is 2. The monoisotopic (exact) mass is 280 g/mol. The van der Waals surface area contributed by atoms with E-state index in [1.54, 1.807) is 24.4 Å². The van der Waals surface area contributed by atoms with Crippen LogP contribution in [-0.4, -0.2) is 15.7 Å². The van der Waals surface area contributed by atoms with Crippen LogP contribution >= 0.6 is 15.9 Å². The van der Waals surface area contributed by atoms with Crippen molar-refractivity contribution in [1.82, 2.24) is 9.78 Å². The minimum absolute atomic E-state index is 0.387. The number of carbonyl (C=O) groups excluding carboxylic acids is 1. The summed E-state index contributed by atoms with van der Waals surface area (Å²) in [5.41, 5.74) is 12.4. The highest BCUT2D eigenvalue weighted by molar-refractivity contribution is 9.10. The number of carbonyl (C=O) groups is 1. The minimum atomic E-state index is -0.509. The van der Waals surface area contributed by atoms with Gasteiger partial charge in [-0.15, -0.1) is 0 Å². The van der Waals surface area contributed by atoms with Gasteiger partial charge in [0.2, 0.25) is 0 Å². The standard InChI is InChI=1S/C10H9BrN4O/c11-6-1-2-9(8(3-6)10(13)16)15-5-7(12)4-14-15/h1-5H,12H2,(H2,13,16). The van der Waals surface area contributed by atoms with E-state index in [0.29, 0.717) is 16.9 Å². The molecular formula is C10H9BrN4O. The Balaban J connectivity index is 2.60. The molecule has 0 saturated heterocycles. The molecule has 2 rings (SSSR count). The van der Waals surface area contributed by atoms with Gasteiger partial charge in [0, 0.05) is 4.47 Å². The van der Waals surface area contributed by atoms with Gasteiger partial charge in [-0.05, 0) is 18.2 Å². The van der Waals surface area contributed by atoms with Gasteiger partial charge in [0.1, 0.15) is 0 Å². The fraction of sp³-hybridized carbons (Fsp3) is 0. The third-order valence-corrected chi connectivity index (χ3v) is 2.57. The molecule has 1 aromatic carbocycles. The van der Waals surface area contributed by atoms with E-state index in [0.717, 1.165) is 4.47 Å². The van der Waals surface area contributed by atoms with Gasteiger partial charge in [-0.2, -0.15) is 5.10 Å². The number of amides is 1. The van der Waals surface area contributed by atoms with Crippen LogP contribution in [0.25, 0.3) is 5.69 Å². The summed E-state index contributed by atoms with van der Waals surface area (Å²) in [6, 6.07) is 5.20. The molecule has 6 heteroatoms. The molecule has 2 aromatic rings. The van der Waals surface area contributed by atoms with Crippen molar-refractivity contribution < 1.29 is 4.79 Å². The quantitative estimate of drug-likeness (QED) is 0.870. The number of benzene rings is 1. The second-order valence-corrected chi connectivity index (χ2v) is 4.16. The van der Waals surface area contributed by atoms with Gasteiger partial charge in [0.05, 0.1) is 29.3 Å². The van der Waals surface area contributed by atoms with Crippen molar-refractivity contribution in [3.05, 3.63) is 40.6 Å². The molecule has 1 aromatic heterocycles. The van der Waals surface area contributed by atoms with Gasteiger partial charge < -0.3 is 11.5 Å². The van der Waals surface area contributed by atoms with Gasteiger partial charge in [0.15, 0.2) is 0 Å². The molecule has 16 heavy (non-hydrogen) atoms. The highest BCUT2D eigenvalue weighted by atomic mass is 79.9. The number of anilines is 1. The average Bonchev–Trinajstić information content (AvgIpc) is 2.64. The Morgan fingerprint density at radius 2 is 2.19 bits per heavy atom. The molecule has 0 fully saturated rings. The maximum absolute atomic E-state index is 11.3. The first-order valence-corrected chi connectivity index (χ1v) is 5.27. The van der Waals surface area contributed by atoms with Crippen LogP contribution in [0.15, 0.2) is 35.1 Å². The highest BCUT2D eigenvalue weighted by Crippen LogP contribution is 2.20. The second-order valence-electron chi connectivity index (χ2n) is 3.24. The molecule has 5 nitrogen and oxygen atoms in total. The molecule has 4 N–H and O–H groups in total. The van der Waals surface area contributed by atoms with Crippen LogP contribution < -0.4 is 11.5 Å². The third kappa shape index (κ3) is 1.92. The molecule has 1 amide bonds. The molecule has 1 heterocycles. The molecule has 0 saturated carbocycles. The van der Waals surface area contributed by atoms with E-state index in [1.807, 2.05) is 0 Å². The van der Waals surface area contributed by atoms with Crippen molar-refractivity contribution >= 4 is 27.5 Å². The van der Waals surface area contributed by atoms with E-state index < -0.39 is 5.91 Å². The van der Waals surface area contributed by atoms with Gasteiger partial charge in [-0.1, -0.05) is 15.9 Å². The summed E-state index contributed by atoms with van der Waals surface area (Å²) >= 11 is 3.28. The summed E-state index contributed by atoms with van der Waals surface area (Å²) in [4.78, 5) is 11.3. The topological polar surface area (TPSA) is 86.9 Å². The van der Waals surface area contributed by atoms with E-state index in [1.165, 1.54) is 10.9 Å². The van der Waals surface area contributed by atoms with Crippen molar-refractivity contribution in [3.8, 4) is 5.69 Å². The van der Waals surface area contributed by atoms with Crippen LogP contribution in [0.3, 0.4) is 0 Å². The maximum atomic E-state index is 11.3. The molecule has 0 spiro atoms. The molecule has 0 radical (unpaired) electrons. The summed E-state index contributed by atoms with van der Waals surface area (Å²) in [7, 11) is 0. The number of hydrogen-bond donors (Lipinski definition) is 2. The van der Waals surface area contributed by atoms with Gasteiger partial charge in [-0.3, -0.25) is 4.79 Å². The molecule has 82 valence electrons. The predicted octanol–water partition coefficient (Wildman–Crippen LogP) is 1.32. The number of halogens is 1. The number of rotatable bonds is 2. The summed E-state index contributed by atoms with van der Waals surface area (Å²) in [6.07, 6.45) is 3.13. The van der Waals surface area contributed by atoms with Crippen molar-refractivity contribution in [2.45, 2.75) is 0 Å². The maximum Gasteiger partial charge on any atom is 0.250 e. The lowest BCUT2D eigenvalue weighted by molar-refractivity contribution is 0.1000. The van der Waals surface area contributed by atoms with Crippen molar-refractivity contribution in [3.63, 3.8) is 0 Å². The smallest absolute Gasteiger partial charge is 0.250 e. The Morgan fingerprint density at radius 3 is 2.75 bits per heavy atom. The van der Waals surface area contributed by atoms with Crippen LogP contribution in [0, 0.1) is 0 Å².